The van der Waals surface area contributed by atoms with Crippen molar-refractivity contribution < 1.29 is 14.3 Å². The summed E-state index contributed by atoms with van der Waals surface area (Å²) in [4.78, 5) is 20.8. The molecule has 7 heteroatoms. The van der Waals surface area contributed by atoms with Crippen LogP contribution in [0.25, 0.3) is 0 Å². The normalized spacial score (nSPS) is 20.7. The van der Waals surface area contributed by atoms with E-state index in [0.717, 1.165) is 35.3 Å². The lowest BCUT2D eigenvalue weighted by Crippen LogP contribution is -2.41. The molecule has 3 aromatic carbocycles. The Labute approximate surface area is 275 Å². The molecule has 0 aromatic heterocycles. The van der Waals surface area contributed by atoms with Crippen LogP contribution in [0.5, 0.6) is 11.5 Å². The molecule has 3 aromatic rings. The third-order valence-corrected chi connectivity index (χ3v) is 10.2. The number of methoxy groups -OCH3 is 1. The van der Waals surface area contributed by atoms with Crippen molar-refractivity contribution in [3.63, 3.8) is 0 Å². The van der Waals surface area contributed by atoms with Crippen LogP contribution in [0.3, 0.4) is 0 Å². The Morgan fingerprint density at radius 3 is 2.20 bits per heavy atom. The highest BCUT2D eigenvalue weighted by Crippen LogP contribution is 2.44. The number of benzene rings is 3. The molecule has 0 bridgehead atoms. The molecule has 1 aliphatic carbocycles. The van der Waals surface area contributed by atoms with Crippen molar-refractivity contribution in [3.8, 4) is 11.5 Å². The number of carbonyl (C=O) groups excluding carboxylic acids is 1. The SMILES string of the molecule is CC[C@@H](C)Oc1cc2c(cc1OC)CC(=O)N(c1ccc(N(C)CC3CCC(N(C)C(C)C)CC3)cc1)C2c1ccc(Cl)cc1. The van der Waals surface area contributed by atoms with E-state index < -0.39 is 0 Å². The maximum absolute atomic E-state index is 13.9. The Kier molecular flexibility index (Phi) is 10.7. The van der Waals surface area contributed by atoms with E-state index in [1.165, 1.54) is 31.4 Å². The fourth-order valence-electron chi connectivity index (χ4n) is 6.89. The molecule has 5 rings (SSSR count). The molecule has 2 aliphatic rings. The minimum Gasteiger partial charge on any atom is -0.493 e. The summed E-state index contributed by atoms with van der Waals surface area (Å²) in [7, 11) is 6.10. The van der Waals surface area contributed by atoms with Gasteiger partial charge in [0.2, 0.25) is 5.91 Å². The Hall–Kier alpha value is -3.22. The van der Waals surface area contributed by atoms with Crippen molar-refractivity contribution in [3.05, 3.63) is 82.4 Å². The lowest BCUT2D eigenvalue weighted by molar-refractivity contribution is -0.118. The molecule has 1 aliphatic heterocycles. The van der Waals surface area contributed by atoms with Crippen molar-refractivity contribution in [2.75, 3.05) is 37.5 Å². The van der Waals surface area contributed by atoms with Gasteiger partial charge in [0.15, 0.2) is 11.5 Å². The first kappa shape index (κ1) is 33.2. The number of hydrogen-bond acceptors (Lipinski definition) is 5. The lowest BCUT2D eigenvalue weighted by atomic mass is 9.84. The summed E-state index contributed by atoms with van der Waals surface area (Å²) < 4.78 is 12.0. The number of nitrogens with zero attached hydrogens (tertiary/aromatic N) is 3. The van der Waals surface area contributed by atoms with Crippen LogP contribution in [0.4, 0.5) is 11.4 Å². The molecule has 0 N–H and O–H groups in total. The third-order valence-electron chi connectivity index (χ3n) is 9.98. The van der Waals surface area contributed by atoms with Crippen LogP contribution < -0.4 is 19.3 Å². The van der Waals surface area contributed by atoms with Gasteiger partial charge in [-0.05, 0) is 131 Å². The summed E-state index contributed by atoms with van der Waals surface area (Å²) in [6.45, 7) is 9.77. The van der Waals surface area contributed by atoms with E-state index in [1.807, 2.05) is 35.2 Å². The lowest BCUT2D eigenvalue weighted by Gasteiger charge is -2.39. The first-order valence-electron chi connectivity index (χ1n) is 16.6. The fourth-order valence-corrected chi connectivity index (χ4v) is 7.02. The van der Waals surface area contributed by atoms with Gasteiger partial charge in [0.05, 0.1) is 25.7 Å². The van der Waals surface area contributed by atoms with Gasteiger partial charge >= 0.3 is 0 Å². The van der Waals surface area contributed by atoms with Gasteiger partial charge in [-0.2, -0.15) is 0 Å². The van der Waals surface area contributed by atoms with Crippen LogP contribution in [0.15, 0.2) is 60.7 Å². The molecule has 1 fully saturated rings. The first-order valence-corrected chi connectivity index (χ1v) is 16.9. The summed E-state index contributed by atoms with van der Waals surface area (Å²) >= 11 is 6.30. The van der Waals surface area contributed by atoms with E-state index in [-0.39, 0.29) is 24.5 Å². The highest BCUT2D eigenvalue weighted by molar-refractivity contribution is 6.30. The number of halogens is 1. The van der Waals surface area contributed by atoms with Crippen molar-refractivity contribution in [1.29, 1.82) is 0 Å². The Bertz CT molecular complexity index is 1430. The molecule has 6 nitrogen and oxygen atoms in total. The molecular formula is C38H50ClN3O3. The van der Waals surface area contributed by atoms with Gasteiger partial charge in [0, 0.05) is 42.1 Å². The van der Waals surface area contributed by atoms with E-state index in [4.69, 9.17) is 21.1 Å². The van der Waals surface area contributed by atoms with Crippen LogP contribution in [0.2, 0.25) is 5.02 Å². The van der Waals surface area contributed by atoms with Crippen LogP contribution in [-0.4, -0.2) is 56.7 Å². The van der Waals surface area contributed by atoms with Crippen LogP contribution >= 0.6 is 11.6 Å². The second kappa shape index (κ2) is 14.5. The van der Waals surface area contributed by atoms with Crippen molar-refractivity contribution in [2.24, 2.45) is 5.92 Å². The van der Waals surface area contributed by atoms with Gasteiger partial charge in [-0.1, -0.05) is 30.7 Å². The molecule has 1 amide bonds. The number of ether oxygens (including phenoxy) is 2. The maximum Gasteiger partial charge on any atom is 0.232 e. The summed E-state index contributed by atoms with van der Waals surface area (Å²) in [5, 5.41) is 0.663. The minimum absolute atomic E-state index is 0.0354. The molecule has 1 unspecified atom stereocenters. The molecule has 1 saturated carbocycles. The van der Waals surface area contributed by atoms with Gasteiger partial charge in [-0.15, -0.1) is 0 Å². The summed E-state index contributed by atoms with van der Waals surface area (Å²) in [5.41, 5.74) is 5.03. The summed E-state index contributed by atoms with van der Waals surface area (Å²) in [6, 6.07) is 21.3. The van der Waals surface area contributed by atoms with Gasteiger partial charge in [0.25, 0.3) is 0 Å². The van der Waals surface area contributed by atoms with Gasteiger partial charge in [-0.3, -0.25) is 4.79 Å². The van der Waals surface area contributed by atoms with Crippen LogP contribution in [-0.2, 0) is 11.2 Å². The van der Waals surface area contributed by atoms with E-state index in [1.54, 1.807) is 7.11 Å². The zero-order valence-corrected chi connectivity index (χ0v) is 28.8. The highest BCUT2D eigenvalue weighted by Gasteiger charge is 2.36. The second-order valence-electron chi connectivity index (χ2n) is 13.3. The summed E-state index contributed by atoms with van der Waals surface area (Å²) in [5.74, 6) is 2.09. The molecular weight excluding hydrogens is 582 g/mol. The number of amides is 1. The van der Waals surface area contributed by atoms with E-state index >= 15 is 0 Å². The average Bonchev–Trinajstić information content (AvgIpc) is 3.04. The average molecular weight is 632 g/mol. The number of rotatable bonds is 11. The van der Waals surface area contributed by atoms with E-state index in [2.05, 4.69) is 81.9 Å². The maximum atomic E-state index is 13.9. The topological polar surface area (TPSA) is 45.3 Å². The zero-order valence-electron chi connectivity index (χ0n) is 28.1. The molecule has 1 heterocycles. The van der Waals surface area contributed by atoms with Crippen molar-refractivity contribution in [2.45, 2.75) is 90.4 Å². The molecule has 2 atom stereocenters. The Balaban J connectivity index is 1.40. The third kappa shape index (κ3) is 7.44. The predicted octanol–water partition coefficient (Wildman–Crippen LogP) is 8.54. The van der Waals surface area contributed by atoms with Gasteiger partial charge < -0.3 is 24.2 Å². The highest BCUT2D eigenvalue weighted by atomic mass is 35.5. The first-order chi connectivity index (χ1) is 21.6. The van der Waals surface area contributed by atoms with Gasteiger partial charge in [0.1, 0.15) is 0 Å². The van der Waals surface area contributed by atoms with E-state index in [9.17, 15) is 4.79 Å². The smallest absolute Gasteiger partial charge is 0.232 e. The monoisotopic (exact) mass is 631 g/mol. The van der Waals surface area contributed by atoms with Gasteiger partial charge in [-0.25, -0.2) is 0 Å². The predicted molar refractivity (Wildman–Crippen MR) is 186 cm³/mol. The quantitative estimate of drug-likeness (QED) is 0.212. The minimum atomic E-state index is -0.327. The Morgan fingerprint density at radius 2 is 1.60 bits per heavy atom. The molecule has 45 heavy (non-hydrogen) atoms. The second-order valence-corrected chi connectivity index (χ2v) is 13.7. The number of fused-ring (bicyclic) bond motifs is 1. The molecule has 242 valence electrons. The number of carbonyl (C=O) groups is 1. The molecule has 0 radical (unpaired) electrons. The molecule has 0 saturated heterocycles. The van der Waals surface area contributed by atoms with Crippen LogP contribution in [0.1, 0.15) is 82.5 Å². The standard InChI is InChI=1S/C38H50ClN3O3/c1-8-26(4)45-36-23-34-29(21-35(36)44-7)22-37(43)42(38(34)28-11-13-30(39)14-12-28)33-19-17-31(18-20-33)40(5)24-27-9-15-32(16-10-27)41(6)25(2)3/h11-14,17-21,23,25-27,32,38H,8-10,15-16,22,24H2,1-7H3/t26-,27?,32?,38?/m1/s1. The summed E-state index contributed by atoms with van der Waals surface area (Å²) in [6.07, 6.45) is 6.27. The zero-order chi connectivity index (χ0) is 32.2. The molecule has 0 spiro atoms. The fraction of sp³-hybridized carbons (Fsp3) is 0.500. The number of anilines is 2. The van der Waals surface area contributed by atoms with Crippen molar-refractivity contribution >= 4 is 28.9 Å². The Morgan fingerprint density at radius 1 is 0.933 bits per heavy atom. The van der Waals surface area contributed by atoms with Crippen molar-refractivity contribution in [1.82, 2.24) is 4.90 Å². The number of hydrogen-bond donors (Lipinski definition) is 0. The van der Waals surface area contributed by atoms with E-state index in [0.29, 0.717) is 34.5 Å². The largest absolute Gasteiger partial charge is 0.493 e. The van der Waals surface area contributed by atoms with Crippen LogP contribution in [0, 0.1) is 5.92 Å².